The fourth-order valence-corrected chi connectivity index (χ4v) is 3.81. The molecule has 8 heteroatoms. The summed E-state index contributed by atoms with van der Waals surface area (Å²) in [6, 6.07) is 10.6. The van der Waals surface area contributed by atoms with E-state index in [0.717, 1.165) is 15.4 Å². The molecule has 0 spiro atoms. The van der Waals surface area contributed by atoms with Crippen molar-refractivity contribution in [2.24, 2.45) is 0 Å². The molecule has 6 nitrogen and oxygen atoms in total. The monoisotopic (exact) mass is 400 g/mol. The van der Waals surface area contributed by atoms with Gasteiger partial charge >= 0.3 is 5.97 Å². The van der Waals surface area contributed by atoms with E-state index in [0.29, 0.717) is 12.1 Å². The van der Waals surface area contributed by atoms with E-state index in [4.69, 9.17) is 4.74 Å². The number of rotatable bonds is 7. The standard InChI is InChI=1S/C19H16N2O4S2/c1-12(22)20-9-13-4-6-14(7-5-13)16(23)10-25-19(24)15-11-27-18(21-15)17-3-2-8-26-17/h2-8,11H,9-10H2,1H3,(H,20,22). The Morgan fingerprint density at radius 3 is 2.56 bits per heavy atom. The van der Waals surface area contributed by atoms with Gasteiger partial charge in [-0.15, -0.1) is 22.7 Å². The lowest BCUT2D eigenvalue weighted by Crippen LogP contribution is -2.19. The highest BCUT2D eigenvalue weighted by molar-refractivity contribution is 7.20. The molecule has 3 aromatic rings. The van der Waals surface area contributed by atoms with Crippen molar-refractivity contribution in [2.45, 2.75) is 13.5 Å². The topological polar surface area (TPSA) is 85.4 Å². The van der Waals surface area contributed by atoms with Crippen molar-refractivity contribution < 1.29 is 19.1 Å². The molecule has 0 atom stereocenters. The van der Waals surface area contributed by atoms with Gasteiger partial charge in [0.2, 0.25) is 5.91 Å². The number of carbonyl (C=O) groups is 3. The number of hydrogen-bond donors (Lipinski definition) is 1. The molecule has 138 valence electrons. The normalized spacial score (nSPS) is 10.4. The first kappa shape index (κ1) is 18.9. The number of nitrogens with one attached hydrogen (secondary N) is 1. The second-order valence-corrected chi connectivity index (χ2v) is 7.43. The summed E-state index contributed by atoms with van der Waals surface area (Å²) in [4.78, 5) is 40.4. The molecule has 2 aromatic heterocycles. The van der Waals surface area contributed by atoms with Crippen LogP contribution in [-0.2, 0) is 16.1 Å². The van der Waals surface area contributed by atoms with Crippen LogP contribution in [0.4, 0.5) is 0 Å². The van der Waals surface area contributed by atoms with Crippen LogP contribution < -0.4 is 5.32 Å². The predicted octanol–water partition coefficient (Wildman–Crippen LogP) is 3.55. The number of esters is 1. The highest BCUT2D eigenvalue weighted by Crippen LogP contribution is 2.27. The van der Waals surface area contributed by atoms with E-state index in [1.54, 1.807) is 41.0 Å². The number of hydrogen-bond acceptors (Lipinski definition) is 7. The number of thiophene rings is 1. The summed E-state index contributed by atoms with van der Waals surface area (Å²) in [5.41, 5.74) is 1.51. The second-order valence-electron chi connectivity index (χ2n) is 5.62. The lowest BCUT2D eigenvalue weighted by atomic mass is 10.1. The van der Waals surface area contributed by atoms with Gasteiger partial charge in [-0.3, -0.25) is 9.59 Å². The van der Waals surface area contributed by atoms with Crippen LogP contribution in [0.25, 0.3) is 9.88 Å². The molecular formula is C19H16N2O4S2. The van der Waals surface area contributed by atoms with Gasteiger partial charge in [0.25, 0.3) is 0 Å². The summed E-state index contributed by atoms with van der Waals surface area (Å²) in [5, 5.41) is 6.99. The predicted molar refractivity (Wildman–Crippen MR) is 104 cm³/mol. The minimum absolute atomic E-state index is 0.119. The highest BCUT2D eigenvalue weighted by atomic mass is 32.1. The number of benzene rings is 1. The summed E-state index contributed by atoms with van der Waals surface area (Å²) < 4.78 is 5.09. The number of carbonyl (C=O) groups excluding carboxylic acids is 3. The Kier molecular flexibility index (Phi) is 6.10. The van der Waals surface area contributed by atoms with Gasteiger partial charge < -0.3 is 10.1 Å². The summed E-state index contributed by atoms with van der Waals surface area (Å²) >= 11 is 2.90. The molecule has 1 aromatic carbocycles. The van der Waals surface area contributed by atoms with Gasteiger partial charge in [-0.1, -0.05) is 30.3 Å². The Hall–Kier alpha value is -2.84. The summed E-state index contributed by atoms with van der Waals surface area (Å²) in [5.74, 6) is -1.04. The van der Waals surface area contributed by atoms with E-state index in [1.807, 2.05) is 17.5 Å². The van der Waals surface area contributed by atoms with Crippen LogP contribution in [0.5, 0.6) is 0 Å². The summed E-state index contributed by atoms with van der Waals surface area (Å²) in [7, 11) is 0. The Morgan fingerprint density at radius 2 is 1.89 bits per heavy atom. The molecule has 3 rings (SSSR count). The zero-order valence-electron chi connectivity index (χ0n) is 14.4. The number of aromatic nitrogens is 1. The van der Waals surface area contributed by atoms with Gasteiger partial charge in [-0.05, 0) is 17.0 Å². The lowest BCUT2D eigenvalue weighted by molar-refractivity contribution is -0.119. The van der Waals surface area contributed by atoms with Crippen LogP contribution in [0, 0.1) is 0 Å². The Bertz CT molecular complexity index is 947. The van der Waals surface area contributed by atoms with Gasteiger partial charge in [0.1, 0.15) is 5.01 Å². The van der Waals surface area contributed by atoms with Crippen molar-refractivity contribution in [2.75, 3.05) is 6.61 Å². The molecule has 0 aliphatic rings. The van der Waals surface area contributed by atoms with Crippen LogP contribution >= 0.6 is 22.7 Å². The van der Waals surface area contributed by atoms with Crippen molar-refractivity contribution in [1.29, 1.82) is 0 Å². The van der Waals surface area contributed by atoms with Gasteiger partial charge in [0.05, 0.1) is 4.88 Å². The van der Waals surface area contributed by atoms with E-state index in [1.165, 1.54) is 18.3 Å². The molecule has 1 amide bonds. The van der Waals surface area contributed by atoms with Crippen molar-refractivity contribution >= 4 is 40.3 Å². The third kappa shape index (κ3) is 5.08. The Balaban J connectivity index is 1.54. The molecule has 2 heterocycles. The van der Waals surface area contributed by atoms with E-state index < -0.39 is 5.97 Å². The number of ether oxygens (including phenoxy) is 1. The third-order valence-corrected chi connectivity index (χ3v) is 5.48. The summed E-state index contributed by atoms with van der Waals surface area (Å²) in [6.07, 6.45) is 0. The van der Waals surface area contributed by atoms with Gasteiger partial charge in [0.15, 0.2) is 18.1 Å². The van der Waals surface area contributed by atoms with Gasteiger partial charge in [-0.25, -0.2) is 9.78 Å². The van der Waals surface area contributed by atoms with Crippen molar-refractivity contribution in [3.63, 3.8) is 0 Å². The zero-order chi connectivity index (χ0) is 19.2. The average molecular weight is 400 g/mol. The molecule has 0 radical (unpaired) electrons. The van der Waals surface area contributed by atoms with Crippen LogP contribution in [0.1, 0.15) is 33.3 Å². The first-order chi connectivity index (χ1) is 13.0. The molecule has 0 aliphatic carbocycles. The molecule has 0 saturated carbocycles. The number of nitrogens with zero attached hydrogens (tertiary/aromatic N) is 1. The lowest BCUT2D eigenvalue weighted by Gasteiger charge is -2.05. The number of amides is 1. The quantitative estimate of drug-likeness (QED) is 0.484. The SMILES string of the molecule is CC(=O)NCc1ccc(C(=O)COC(=O)c2csc(-c3cccs3)n2)cc1. The van der Waals surface area contributed by atoms with E-state index in [-0.39, 0.29) is 24.0 Å². The summed E-state index contributed by atoms with van der Waals surface area (Å²) in [6.45, 7) is 1.49. The third-order valence-electron chi connectivity index (χ3n) is 3.60. The maximum Gasteiger partial charge on any atom is 0.358 e. The number of thiazole rings is 1. The fourth-order valence-electron chi connectivity index (χ4n) is 2.20. The van der Waals surface area contributed by atoms with Gasteiger partial charge in [0, 0.05) is 24.4 Å². The Morgan fingerprint density at radius 1 is 1.11 bits per heavy atom. The molecule has 0 fully saturated rings. The molecule has 0 aliphatic heterocycles. The number of Topliss-reactive ketones (excluding diaryl/α,β-unsaturated/α-hetero) is 1. The van der Waals surface area contributed by atoms with Crippen molar-refractivity contribution in [3.05, 3.63) is 64.0 Å². The van der Waals surface area contributed by atoms with Crippen LogP contribution in [0.2, 0.25) is 0 Å². The van der Waals surface area contributed by atoms with Crippen LogP contribution in [0.15, 0.2) is 47.2 Å². The molecule has 0 bridgehead atoms. The molecule has 27 heavy (non-hydrogen) atoms. The second kappa shape index (κ2) is 8.70. The Labute approximate surface area is 163 Å². The largest absolute Gasteiger partial charge is 0.453 e. The molecule has 0 saturated heterocycles. The fraction of sp³-hybridized carbons (Fsp3) is 0.158. The number of ketones is 1. The zero-order valence-corrected chi connectivity index (χ0v) is 16.1. The molecular weight excluding hydrogens is 384 g/mol. The van der Waals surface area contributed by atoms with Crippen molar-refractivity contribution in [1.82, 2.24) is 10.3 Å². The first-order valence-electron chi connectivity index (χ1n) is 8.06. The molecule has 1 N–H and O–H groups in total. The van der Waals surface area contributed by atoms with Crippen molar-refractivity contribution in [3.8, 4) is 9.88 Å². The van der Waals surface area contributed by atoms with E-state index in [9.17, 15) is 14.4 Å². The van der Waals surface area contributed by atoms with Gasteiger partial charge in [-0.2, -0.15) is 0 Å². The minimum Gasteiger partial charge on any atom is -0.453 e. The van der Waals surface area contributed by atoms with E-state index >= 15 is 0 Å². The average Bonchev–Trinajstić information content (AvgIpc) is 3.35. The first-order valence-corrected chi connectivity index (χ1v) is 9.82. The maximum absolute atomic E-state index is 12.2. The van der Waals surface area contributed by atoms with E-state index in [2.05, 4.69) is 10.3 Å². The smallest absolute Gasteiger partial charge is 0.358 e. The maximum atomic E-state index is 12.2. The van der Waals surface area contributed by atoms with Crippen LogP contribution in [-0.4, -0.2) is 29.3 Å². The van der Waals surface area contributed by atoms with Crippen LogP contribution in [0.3, 0.4) is 0 Å². The molecule has 0 unspecified atom stereocenters. The highest BCUT2D eigenvalue weighted by Gasteiger charge is 2.16. The minimum atomic E-state index is -0.621.